The van der Waals surface area contributed by atoms with Crippen molar-refractivity contribution in [3.63, 3.8) is 0 Å². The van der Waals surface area contributed by atoms with Gasteiger partial charge in [0.25, 0.3) is 0 Å². The van der Waals surface area contributed by atoms with Gasteiger partial charge in [0.15, 0.2) is 0 Å². The van der Waals surface area contributed by atoms with E-state index in [1.165, 1.54) is 7.11 Å². The molecular weight excluding hydrogens is 436 g/mol. The molecule has 4 amide bonds. The largest absolute Gasteiger partial charge is 0.453 e. The second-order valence-electron chi connectivity index (χ2n) is 9.54. The number of benzene rings is 1. The number of carbonyl (C=O) groups excluding carboxylic acids is 4. The van der Waals surface area contributed by atoms with Crippen molar-refractivity contribution < 1.29 is 23.9 Å². The maximum atomic E-state index is 13.7. The van der Waals surface area contributed by atoms with Gasteiger partial charge >= 0.3 is 6.09 Å². The number of amides is 4. The summed E-state index contributed by atoms with van der Waals surface area (Å²) in [7, 11) is 1.30. The molecule has 0 aromatic heterocycles. The summed E-state index contributed by atoms with van der Waals surface area (Å²) in [5.41, 5.74) is 6.26. The second kappa shape index (κ2) is 12.4. The van der Waals surface area contributed by atoms with E-state index in [1.807, 2.05) is 24.3 Å². The number of methoxy groups -OCH3 is 1. The zero-order valence-electron chi connectivity index (χ0n) is 20.7. The van der Waals surface area contributed by atoms with E-state index in [2.05, 4.69) is 17.6 Å². The Balaban J connectivity index is 2.20. The maximum absolute atomic E-state index is 13.7. The summed E-state index contributed by atoms with van der Waals surface area (Å²) in [6.07, 6.45) is 3.41. The number of nitrogens with one attached hydrogen (secondary N) is 2. The molecule has 188 valence electrons. The topological polar surface area (TPSA) is 131 Å². The lowest BCUT2D eigenvalue weighted by Crippen LogP contribution is -2.52. The number of alkyl carbamates (subject to hydrolysis) is 1. The number of fused-ring (bicyclic) bond motifs is 1. The van der Waals surface area contributed by atoms with Crippen LogP contribution in [0.25, 0.3) is 0 Å². The normalized spacial score (nSPS) is 16.2. The van der Waals surface area contributed by atoms with E-state index in [0.29, 0.717) is 19.4 Å². The Morgan fingerprint density at radius 3 is 2.56 bits per heavy atom. The standard InChI is InChI=1S/C25H38N4O5/c1-5-6-7-11-18(14-21(30)27-16-25(2,3)23(26)32)22(31)29-15-19(28-24(33)34-4)13-17-10-8-9-12-20(17)29/h8-10,12,18-19H,5-7,11,13-16H2,1-4H3,(H2,26,32)(H,27,30)(H,28,33)/t18-,19?/m0/s1. The first-order valence-corrected chi connectivity index (χ1v) is 11.9. The third-order valence-corrected chi connectivity index (χ3v) is 6.26. The second-order valence-corrected chi connectivity index (χ2v) is 9.54. The summed E-state index contributed by atoms with van der Waals surface area (Å²) in [4.78, 5) is 51.5. The van der Waals surface area contributed by atoms with Gasteiger partial charge in [0.2, 0.25) is 17.7 Å². The Kier molecular flexibility index (Phi) is 9.89. The van der Waals surface area contributed by atoms with E-state index in [4.69, 9.17) is 10.5 Å². The first kappa shape index (κ1) is 27.1. The minimum absolute atomic E-state index is 0.0190. The number of carbonyl (C=O) groups is 4. The number of nitrogens with zero attached hydrogens (tertiary/aromatic N) is 1. The van der Waals surface area contributed by atoms with Gasteiger partial charge in [-0.3, -0.25) is 14.4 Å². The van der Waals surface area contributed by atoms with Crippen LogP contribution < -0.4 is 21.3 Å². The minimum atomic E-state index is -0.879. The van der Waals surface area contributed by atoms with Crippen LogP contribution in [0, 0.1) is 11.3 Å². The molecule has 1 aliphatic heterocycles. The van der Waals surface area contributed by atoms with E-state index < -0.39 is 23.3 Å². The van der Waals surface area contributed by atoms with Crippen LogP contribution in [0.2, 0.25) is 0 Å². The quantitative estimate of drug-likeness (QED) is 0.424. The van der Waals surface area contributed by atoms with Crippen molar-refractivity contribution in [3.05, 3.63) is 29.8 Å². The van der Waals surface area contributed by atoms with E-state index >= 15 is 0 Å². The fraction of sp³-hybridized carbons (Fsp3) is 0.600. The number of para-hydroxylation sites is 1. The summed E-state index contributed by atoms with van der Waals surface area (Å²) in [5.74, 6) is -1.46. The van der Waals surface area contributed by atoms with Crippen molar-refractivity contribution in [3.8, 4) is 0 Å². The molecule has 1 aromatic carbocycles. The third-order valence-electron chi connectivity index (χ3n) is 6.26. The molecule has 1 heterocycles. The monoisotopic (exact) mass is 474 g/mol. The van der Waals surface area contributed by atoms with Gasteiger partial charge in [-0.15, -0.1) is 0 Å². The Morgan fingerprint density at radius 2 is 1.91 bits per heavy atom. The van der Waals surface area contributed by atoms with Crippen molar-refractivity contribution in [1.82, 2.24) is 10.6 Å². The van der Waals surface area contributed by atoms with Crippen molar-refractivity contribution in [2.75, 3.05) is 25.1 Å². The molecule has 2 atom stereocenters. The van der Waals surface area contributed by atoms with Crippen LogP contribution in [0.3, 0.4) is 0 Å². The molecule has 0 bridgehead atoms. The molecule has 0 spiro atoms. The lowest BCUT2D eigenvalue weighted by molar-refractivity contribution is -0.130. The van der Waals surface area contributed by atoms with Gasteiger partial charge in [-0.05, 0) is 38.3 Å². The summed E-state index contributed by atoms with van der Waals surface area (Å²) >= 11 is 0. The third kappa shape index (κ3) is 7.46. The van der Waals surface area contributed by atoms with Crippen LogP contribution in [-0.2, 0) is 25.5 Å². The SMILES string of the molecule is CCCCC[C@@H](CC(=O)NCC(C)(C)C(N)=O)C(=O)N1CC(NC(=O)OC)Cc2ccccc21. The average Bonchev–Trinajstić information content (AvgIpc) is 2.81. The molecular formula is C25H38N4O5. The molecule has 2 rings (SSSR count). The summed E-state index contributed by atoms with van der Waals surface area (Å²) in [5, 5.41) is 5.56. The number of nitrogens with two attached hydrogens (primary N) is 1. The van der Waals surface area contributed by atoms with Crippen molar-refractivity contribution in [1.29, 1.82) is 0 Å². The molecule has 0 saturated carbocycles. The molecule has 1 aromatic rings. The lowest BCUT2D eigenvalue weighted by Gasteiger charge is -2.36. The molecule has 34 heavy (non-hydrogen) atoms. The smallest absolute Gasteiger partial charge is 0.407 e. The molecule has 9 heteroatoms. The van der Waals surface area contributed by atoms with Crippen LogP contribution in [0.5, 0.6) is 0 Å². The van der Waals surface area contributed by atoms with Gasteiger partial charge in [-0.25, -0.2) is 4.79 Å². The number of ether oxygens (including phenoxy) is 1. The number of anilines is 1. The number of primary amides is 1. The summed E-state index contributed by atoms with van der Waals surface area (Å²) in [6.45, 7) is 5.82. The minimum Gasteiger partial charge on any atom is -0.453 e. The lowest BCUT2D eigenvalue weighted by atomic mass is 9.91. The molecule has 0 radical (unpaired) electrons. The van der Waals surface area contributed by atoms with Gasteiger partial charge < -0.3 is 26.0 Å². The Labute approximate surface area is 201 Å². The zero-order valence-corrected chi connectivity index (χ0v) is 20.7. The van der Waals surface area contributed by atoms with Crippen LogP contribution in [-0.4, -0.2) is 50.1 Å². The molecule has 0 fully saturated rings. The molecule has 1 aliphatic rings. The van der Waals surface area contributed by atoms with Gasteiger partial charge in [0.05, 0.1) is 18.6 Å². The van der Waals surface area contributed by atoms with Gasteiger partial charge in [0, 0.05) is 31.1 Å². The van der Waals surface area contributed by atoms with Crippen LogP contribution >= 0.6 is 0 Å². The zero-order chi connectivity index (χ0) is 25.3. The number of unbranched alkanes of at least 4 members (excludes halogenated alkanes) is 2. The Bertz CT molecular complexity index is 886. The van der Waals surface area contributed by atoms with E-state index in [9.17, 15) is 19.2 Å². The molecule has 1 unspecified atom stereocenters. The van der Waals surface area contributed by atoms with Crippen molar-refractivity contribution in [2.24, 2.45) is 17.1 Å². The number of hydrogen-bond acceptors (Lipinski definition) is 5. The number of hydrogen-bond donors (Lipinski definition) is 3. The Morgan fingerprint density at radius 1 is 1.21 bits per heavy atom. The van der Waals surface area contributed by atoms with Gasteiger partial charge in [-0.2, -0.15) is 0 Å². The predicted octanol–water partition coefficient (Wildman–Crippen LogP) is 2.51. The predicted molar refractivity (Wildman–Crippen MR) is 130 cm³/mol. The number of rotatable bonds is 11. The molecule has 9 nitrogen and oxygen atoms in total. The summed E-state index contributed by atoms with van der Waals surface area (Å²) in [6, 6.07) is 7.30. The van der Waals surface area contributed by atoms with Crippen LogP contribution in [0.4, 0.5) is 10.5 Å². The highest BCUT2D eigenvalue weighted by atomic mass is 16.5. The van der Waals surface area contributed by atoms with E-state index in [0.717, 1.165) is 30.5 Å². The highest BCUT2D eigenvalue weighted by Crippen LogP contribution is 2.30. The first-order valence-electron chi connectivity index (χ1n) is 11.9. The molecule has 0 saturated heterocycles. The van der Waals surface area contributed by atoms with E-state index in [1.54, 1.807) is 18.7 Å². The summed E-state index contributed by atoms with van der Waals surface area (Å²) < 4.78 is 4.73. The van der Waals surface area contributed by atoms with Crippen LogP contribution in [0.15, 0.2) is 24.3 Å². The van der Waals surface area contributed by atoms with Gasteiger partial charge in [-0.1, -0.05) is 44.4 Å². The first-order chi connectivity index (χ1) is 16.1. The fourth-order valence-electron chi connectivity index (χ4n) is 4.00. The van der Waals surface area contributed by atoms with Crippen molar-refractivity contribution >= 4 is 29.5 Å². The maximum Gasteiger partial charge on any atom is 0.407 e. The average molecular weight is 475 g/mol. The molecule has 0 aliphatic carbocycles. The fourth-order valence-corrected chi connectivity index (χ4v) is 4.00. The Hall–Kier alpha value is -3.10. The van der Waals surface area contributed by atoms with E-state index in [-0.39, 0.29) is 30.8 Å². The highest BCUT2D eigenvalue weighted by molar-refractivity contribution is 5.98. The van der Waals surface area contributed by atoms with Gasteiger partial charge in [0.1, 0.15) is 0 Å². The van der Waals surface area contributed by atoms with Crippen LogP contribution in [0.1, 0.15) is 58.4 Å². The molecule has 4 N–H and O–H groups in total. The van der Waals surface area contributed by atoms with Crippen molar-refractivity contribution in [2.45, 2.75) is 65.3 Å². The highest BCUT2D eigenvalue weighted by Gasteiger charge is 2.34.